The van der Waals surface area contributed by atoms with Crippen LogP contribution in [0.1, 0.15) is 26.7 Å². The summed E-state index contributed by atoms with van der Waals surface area (Å²) in [7, 11) is 0. The molecule has 0 aliphatic carbocycles. The Hall–Kier alpha value is -0.0800. The maximum Gasteiger partial charge on any atom is 0.0825 e. The Bertz CT molecular complexity index is 115. The lowest BCUT2D eigenvalue weighted by Gasteiger charge is -2.31. The summed E-state index contributed by atoms with van der Waals surface area (Å²) in [4.78, 5) is 1.81. The molecule has 1 rings (SSSR count). The molecular weight excluding hydrogens is 148 g/mol. The Morgan fingerprint density at radius 1 is 1.25 bits per heavy atom. The first-order valence-corrected chi connectivity index (χ1v) is 5.35. The third-order valence-corrected chi connectivity index (χ3v) is 2.86. The van der Waals surface area contributed by atoms with Crippen molar-refractivity contribution in [2.45, 2.75) is 26.7 Å². The minimum absolute atomic E-state index is 0.938. The average molecular weight is 172 g/mol. The van der Waals surface area contributed by atoms with E-state index in [-0.39, 0.29) is 0 Å². The largest absolute Gasteiger partial charge is 0.357 e. The van der Waals surface area contributed by atoms with E-state index in [1.165, 1.54) is 32.5 Å². The minimum atomic E-state index is 0.938. The lowest BCUT2D eigenvalue weighted by molar-refractivity contribution is -0.912. The van der Waals surface area contributed by atoms with Gasteiger partial charge < -0.3 is 10.6 Å². The first-order valence-electron chi connectivity index (χ1n) is 5.35. The number of quaternary nitrogens is 2. The van der Waals surface area contributed by atoms with Crippen LogP contribution in [0.25, 0.3) is 0 Å². The van der Waals surface area contributed by atoms with Gasteiger partial charge in [-0.3, -0.25) is 0 Å². The summed E-state index contributed by atoms with van der Waals surface area (Å²) in [5.41, 5.74) is 3.89. The molecule has 0 aromatic carbocycles. The van der Waals surface area contributed by atoms with Crippen molar-refractivity contribution in [1.29, 1.82) is 0 Å². The summed E-state index contributed by atoms with van der Waals surface area (Å²) in [6.45, 7) is 10.0. The minimum Gasteiger partial charge on any atom is -0.357 e. The quantitative estimate of drug-likeness (QED) is 0.557. The summed E-state index contributed by atoms with van der Waals surface area (Å²) in [6.07, 6.45) is 2.74. The molecule has 0 bridgehead atoms. The number of nitrogens with one attached hydrogen (secondary N) is 1. The molecule has 12 heavy (non-hydrogen) atoms. The molecule has 1 fully saturated rings. The van der Waals surface area contributed by atoms with Crippen LogP contribution in [-0.2, 0) is 0 Å². The van der Waals surface area contributed by atoms with Crippen molar-refractivity contribution in [3.63, 3.8) is 0 Å². The average Bonchev–Trinajstić information content (AvgIpc) is 1.99. The molecule has 4 N–H and O–H groups in total. The first kappa shape index (κ1) is 10.0. The van der Waals surface area contributed by atoms with Gasteiger partial charge in [-0.05, 0) is 6.42 Å². The Morgan fingerprint density at radius 2 is 1.83 bits per heavy atom. The molecule has 0 saturated carbocycles. The van der Waals surface area contributed by atoms with Crippen LogP contribution >= 0.6 is 0 Å². The van der Waals surface area contributed by atoms with E-state index < -0.39 is 0 Å². The van der Waals surface area contributed by atoms with Gasteiger partial charge in [-0.2, -0.15) is 0 Å². The van der Waals surface area contributed by atoms with Crippen LogP contribution in [0.3, 0.4) is 0 Å². The number of hydrogen-bond acceptors (Lipinski definition) is 0. The van der Waals surface area contributed by atoms with E-state index in [1.807, 2.05) is 4.90 Å². The Morgan fingerprint density at radius 3 is 2.33 bits per heavy atom. The number of hydrogen-bond donors (Lipinski definition) is 2. The highest BCUT2D eigenvalue weighted by molar-refractivity contribution is 4.62. The van der Waals surface area contributed by atoms with Crippen LogP contribution in [0.4, 0.5) is 0 Å². The normalized spacial score (nSPS) is 36.8. The van der Waals surface area contributed by atoms with Gasteiger partial charge in [0.1, 0.15) is 0 Å². The number of rotatable bonds is 3. The standard InChI is InChI=1S/C10H22N2/c1-9-6-10(2)8-12(7-9)5-3-4-11/h9-10H,3-8,11H2,1-2H3/p+2/t9-,10-/m0/s1. The predicted octanol–water partition coefficient (Wildman–Crippen LogP) is -0.821. The van der Waals surface area contributed by atoms with Crippen molar-refractivity contribution in [2.75, 3.05) is 26.2 Å². The van der Waals surface area contributed by atoms with E-state index in [0.29, 0.717) is 0 Å². The van der Waals surface area contributed by atoms with Gasteiger partial charge in [-0.1, -0.05) is 13.8 Å². The summed E-state index contributed by atoms with van der Waals surface area (Å²) in [6, 6.07) is 0. The summed E-state index contributed by atoms with van der Waals surface area (Å²) >= 11 is 0. The van der Waals surface area contributed by atoms with Crippen LogP contribution in [-0.4, -0.2) is 26.2 Å². The topological polar surface area (TPSA) is 32.1 Å². The molecule has 0 spiro atoms. The molecule has 2 heteroatoms. The Labute approximate surface area is 76.1 Å². The van der Waals surface area contributed by atoms with E-state index >= 15 is 0 Å². The van der Waals surface area contributed by atoms with Crippen LogP contribution in [0.15, 0.2) is 0 Å². The van der Waals surface area contributed by atoms with E-state index in [0.717, 1.165) is 18.4 Å². The molecule has 0 amide bonds. The highest BCUT2D eigenvalue weighted by Gasteiger charge is 2.24. The molecule has 0 aromatic heterocycles. The Kier molecular flexibility index (Phi) is 4.02. The summed E-state index contributed by atoms with van der Waals surface area (Å²) < 4.78 is 0. The van der Waals surface area contributed by atoms with Crippen molar-refractivity contribution in [3.05, 3.63) is 0 Å². The van der Waals surface area contributed by atoms with Gasteiger partial charge >= 0.3 is 0 Å². The monoisotopic (exact) mass is 172 g/mol. The lowest BCUT2D eigenvalue weighted by atomic mass is 9.92. The van der Waals surface area contributed by atoms with Crippen molar-refractivity contribution < 1.29 is 10.6 Å². The van der Waals surface area contributed by atoms with Crippen LogP contribution in [0, 0.1) is 11.8 Å². The maximum absolute atomic E-state index is 3.89. The van der Waals surface area contributed by atoms with Gasteiger partial charge in [0.05, 0.1) is 26.2 Å². The first-order chi connectivity index (χ1) is 5.72. The van der Waals surface area contributed by atoms with Crippen molar-refractivity contribution in [3.8, 4) is 0 Å². The molecule has 0 aromatic rings. The number of piperidine rings is 1. The molecule has 1 aliphatic heterocycles. The maximum atomic E-state index is 3.89. The van der Waals surface area contributed by atoms with Crippen molar-refractivity contribution >= 4 is 0 Å². The number of likely N-dealkylation sites (tertiary alicyclic amines) is 1. The third kappa shape index (κ3) is 3.11. The van der Waals surface area contributed by atoms with Gasteiger partial charge in [-0.25, -0.2) is 0 Å². The molecule has 0 unspecified atom stereocenters. The van der Waals surface area contributed by atoms with E-state index in [2.05, 4.69) is 19.6 Å². The van der Waals surface area contributed by atoms with E-state index in [4.69, 9.17) is 0 Å². The molecule has 0 radical (unpaired) electrons. The zero-order valence-electron chi connectivity index (χ0n) is 8.60. The third-order valence-electron chi connectivity index (χ3n) is 2.86. The molecular formula is C10H24N2+2. The van der Waals surface area contributed by atoms with Gasteiger partial charge in [0, 0.05) is 18.3 Å². The predicted molar refractivity (Wildman–Crippen MR) is 50.9 cm³/mol. The fourth-order valence-corrected chi connectivity index (χ4v) is 2.50. The second-order valence-corrected chi connectivity index (χ2v) is 4.56. The second-order valence-electron chi connectivity index (χ2n) is 4.56. The van der Waals surface area contributed by atoms with Crippen molar-refractivity contribution in [1.82, 2.24) is 0 Å². The van der Waals surface area contributed by atoms with Gasteiger partial charge in [0.2, 0.25) is 0 Å². The summed E-state index contributed by atoms with van der Waals surface area (Å²) in [5, 5.41) is 0. The summed E-state index contributed by atoms with van der Waals surface area (Å²) in [5.74, 6) is 1.88. The lowest BCUT2D eigenvalue weighted by Crippen LogP contribution is -3.14. The van der Waals surface area contributed by atoms with Crippen molar-refractivity contribution in [2.24, 2.45) is 11.8 Å². The highest BCUT2D eigenvalue weighted by Crippen LogP contribution is 2.11. The smallest absolute Gasteiger partial charge is 0.0825 e. The molecule has 2 nitrogen and oxygen atoms in total. The van der Waals surface area contributed by atoms with Crippen LogP contribution in [0.2, 0.25) is 0 Å². The molecule has 1 heterocycles. The zero-order valence-corrected chi connectivity index (χ0v) is 8.60. The molecule has 2 atom stereocenters. The highest BCUT2D eigenvalue weighted by atomic mass is 15.1. The molecule has 1 aliphatic rings. The van der Waals surface area contributed by atoms with E-state index in [9.17, 15) is 0 Å². The van der Waals surface area contributed by atoms with Crippen LogP contribution in [0.5, 0.6) is 0 Å². The Balaban J connectivity index is 2.24. The fraction of sp³-hybridized carbons (Fsp3) is 1.00. The fourth-order valence-electron chi connectivity index (χ4n) is 2.50. The van der Waals surface area contributed by atoms with Gasteiger partial charge in [0.15, 0.2) is 0 Å². The second kappa shape index (κ2) is 4.83. The SMILES string of the molecule is C[C@H]1C[C@H](C)C[NH+](CCC[NH3+])C1. The molecule has 72 valence electrons. The van der Waals surface area contributed by atoms with E-state index in [1.54, 1.807) is 0 Å². The molecule has 1 saturated heterocycles. The van der Waals surface area contributed by atoms with Gasteiger partial charge in [0.25, 0.3) is 0 Å². The zero-order chi connectivity index (χ0) is 8.97. The van der Waals surface area contributed by atoms with Crippen LogP contribution < -0.4 is 10.6 Å². The van der Waals surface area contributed by atoms with Gasteiger partial charge in [-0.15, -0.1) is 0 Å².